The van der Waals surface area contributed by atoms with E-state index in [1.165, 1.54) is 0 Å². The first-order chi connectivity index (χ1) is 7.62. The number of halogens is 6. The Bertz CT molecular complexity index is 378. The first-order valence-corrected chi connectivity index (χ1v) is 5.80. The molecule has 0 amide bonds. The summed E-state index contributed by atoms with van der Waals surface area (Å²) in [6.45, 7) is 0. The predicted molar refractivity (Wildman–Crippen MR) is 54.5 cm³/mol. The highest BCUT2D eigenvalue weighted by Crippen LogP contribution is 2.53. The maximum absolute atomic E-state index is 13.0. The Morgan fingerprint density at radius 2 is 1.53 bits per heavy atom. The lowest BCUT2D eigenvalue weighted by Crippen LogP contribution is -2.30. The van der Waals surface area contributed by atoms with Crippen molar-refractivity contribution in [3.05, 3.63) is 11.1 Å². The average Bonchev–Trinajstić information content (AvgIpc) is 2.64. The molecule has 2 fully saturated rings. The van der Waals surface area contributed by atoms with Crippen LogP contribution in [0, 0.1) is 11.8 Å². The van der Waals surface area contributed by atoms with Crippen LogP contribution in [-0.4, -0.2) is 16.5 Å². The molecule has 0 N–H and O–H groups in total. The molecule has 0 aromatic heterocycles. The van der Waals surface area contributed by atoms with E-state index in [1.54, 1.807) is 0 Å². The Hall–Kier alpha value is -0.290. The van der Waals surface area contributed by atoms with Gasteiger partial charge in [-0.25, -0.2) is 0 Å². The van der Waals surface area contributed by atoms with E-state index in [-0.39, 0.29) is 0 Å². The molecule has 0 radical (unpaired) electrons. The van der Waals surface area contributed by atoms with E-state index < -0.39 is 39.5 Å². The highest BCUT2D eigenvalue weighted by atomic mass is 35.5. The molecule has 0 saturated heterocycles. The first-order valence-electron chi connectivity index (χ1n) is 5.05. The van der Waals surface area contributed by atoms with Gasteiger partial charge in [-0.05, 0) is 48.4 Å². The molecule has 2 rings (SSSR count). The average molecular weight is 291 g/mol. The highest BCUT2D eigenvalue weighted by Gasteiger charge is 2.55. The maximum Gasteiger partial charge on any atom is 0.352 e. The van der Waals surface area contributed by atoms with Gasteiger partial charge in [0.15, 0.2) is 5.78 Å². The second-order valence-electron chi connectivity index (χ2n) is 4.36. The Balaban J connectivity index is 2.56. The van der Waals surface area contributed by atoms with E-state index in [0.29, 0.717) is 19.3 Å². The summed E-state index contributed by atoms with van der Waals surface area (Å²) in [5.41, 5.74) is -2.29. The van der Waals surface area contributed by atoms with E-state index in [4.69, 9.17) is 0 Å². The Kier molecular flexibility index (Phi) is 2.98. The molecule has 2 unspecified atom stereocenters. The maximum atomic E-state index is 13.0. The van der Waals surface area contributed by atoms with Crippen LogP contribution in [0.3, 0.4) is 0 Å². The minimum absolute atomic E-state index is 0.345. The van der Waals surface area contributed by atoms with Crippen LogP contribution in [0.25, 0.3) is 0 Å². The van der Waals surface area contributed by atoms with Crippen molar-refractivity contribution in [1.82, 2.24) is 0 Å². The third kappa shape index (κ3) is 2.19. The SMILES string of the molecule is O=C1C(=C(C(F)(F)Cl)C(F)(F)Cl)C2CCC1C2. The fourth-order valence-electron chi connectivity index (χ4n) is 2.70. The molecule has 2 saturated carbocycles. The second-order valence-corrected chi connectivity index (χ2v) is 5.30. The summed E-state index contributed by atoms with van der Waals surface area (Å²) in [4.78, 5) is 11.7. The van der Waals surface area contributed by atoms with Gasteiger partial charge in [-0.2, -0.15) is 17.6 Å². The lowest BCUT2D eigenvalue weighted by Gasteiger charge is -2.23. The minimum atomic E-state index is -4.30. The standard InChI is InChI=1S/C10H8Cl2F4O/c11-9(13,14)8(10(12,15)16)6-4-1-2-5(3-4)7(6)17/h4-5H,1-3H2. The van der Waals surface area contributed by atoms with Crippen molar-refractivity contribution < 1.29 is 22.4 Å². The summed E-state index contributed by atoms with van der Waals surface area (Å²) in [5, 5.41) is -8.61. The van der Waals surface area contributed by atoms with E-state index in [1.807, 2.05) is 0 Å². The number of ketones is 1. The topological polar surface area (TPSA) is 17.1 Å². The van der Waals surface area contributed by atoms with Crippen LogP contribution in [0.2, 0.25) is 0 Å². The van der Waals surface area contributed by atoms with Crippen molar-refractivity contribution in [3.63, 3.8) is 0 Å². The number of hydrogen-bond acceptors (Lipinski definition) is 1. The summed E-state index contributed by atoms with van der Waals surface area (Å²) < 4.78 is 52.1. The smallest absolute Gasteiger partial charge is 0.294 e. The summed E-state index contributed by atoms with van der Waals surface area (Å²) in [6.07, 6.45) is 1.36. The van der Waals surface area contributed by atoms with Gasteiger partial charge in [0.25, 0.3) is 0 Å². The molecule has 0 aromatic rings. The first kappa shape index (κ1) is 13.1. The van der Waals surface area contributed by atoms with Crippen LogP contribution in [0.4, 0.5) is 17.6 Å². The van der Waals surface area contributed by atoms with Crippen LogP contribution >= 0.6 is 23.2 Å². The number of hydrogen-bond donors (Lipinski definition) is 0. The molecule has 2 bridgehead atoms. The summed E-state index contributed by atoms with van der Waals surface area (Å²) in [7, 11) is 0. The monoisotopic (exact) mass is 290 g/mol. The van der Waals surface area contributed by atoms with Crippen LogP contribution in [0.1, 0.15) is 19.3 Å². The summed E-state index contributed by atoms with van der Waals surface area (Å²) in [6, 6.07) is 0. The molecule has 0 spiro atoms. The minimum Gasteiger partial charge on any atom is -0.294 e. The van der Waals surface area contributed by atoms with Gasteiger partial charge in [-0.1, -0.05) is 0 Å². The molecule has 1 nitrogen and oxygen atoms in total. The number of Topliss-reactive ketones (excluding diaryl/α,β-unsaturated/α-hetero) is 1. The quantitative estimate of drug-likeness (QED) is 0.428. The van der Waals surface area contributed by atoms with Crippen LogP contribution in [0.5, 0.6) is 0 Å². The zero-order valence-electron chi connectivity index (χ0n) is 8.45. The van der Waals surface area contributed by atoms with Crippen molar-refractivity contribution in [1.29, 1.82) is 0 Å². The van der Waals surface area contributed by atoms with Gasteiger partial charge in [0.2, 0.25) is 0 Å². The molecule has 7 heteroatoms. The number of rotatable bonds is 2. The van der Waals surface area contributed by atoms with Crippen molar-refractivity contribution in [2.75, 3.05) is 0 Å². The van der Waals surface area contributed by atoms with E-state index >= 15 is 0 Å². The van der Waals surface area contributed by atoms with E-state index in [2.05, 4.69) is 23.2 Å². The zero-order chi connectivity index (χ0) is 13.0. The predicted octanol–water partition coefficient (Wildman–Crippen LogP) is 3.95. The van der Waals surface area contributed by atoms with Crippen molar-refractivity contribution >= 4 is 29.0 Å². The van der Waals surface area contributed by atoms with Crippen molar-refractivity contribution in [2.24, 2.45) is 11.8 Å². The zero-order valence-corrected chi connectivity index (χ0v) is 9.96. The fourth-order valence-corrected chi connectivity index (χ4v) is 3.19. The molecule has 2 atom stereocenters. The van der Waals surface area contributed by atoms with Gasteiger partial charge in [-0.3, -0.25) is 4.79 Å². The second kappa shape index (κ2) is 3.85. The van der Waals surface area contributed by atoms with Gasteiger partial charge in [0.05, 0.1) is 0 Å². The van der Waals surface area contributed by atoms with Gasteiger partial charge in [-0.15, -0.1) is 0 Å². The Morgan fingerprint density at radius 1 is 1.06 bits per heavy atom. The number of allylic oxidation sites excluding steroid dienone is 2. The van der Waals surface area contributed by atoms with Gasteiger partial charge >= 0.3 is 10.8 Å². The van der Waals surface area contributed by atoms with E-state index in [9.17, 15) is 22.4 Å². The van der Waals surface area contributed by atoms with E-state index in [0.717, 1.165) is 0 Å². The van der Waals surface area contributed by atoms with Crippen molar-refractivity contribution in [2.45, 2.75) is 30.0 Å². The Labute approximate surface area is 105 Å². The molecule has 2 aliphatic rings. The molecule has 96 valence electrons. The fraction of sp³-hybridized carbons (Fsp3) is 0.700. The summed E-state index contributed by atoms with van der Waals surface area (Å²) in [5.74, 6) is -1.64. The van der Waals surface area contributed by atoms with Crippen LogP contribution < -0.4 is 0 Å². The third-order valence-electron chi connectivity index (χ3n) is 3.31. The summed E-state index contributed by atoms with van der Waals surface area (Å²) >= 11 is 9.32. The third-order valence-corrected chi connectivity index (χ3v) is 3.69. The number of fused-ring (bicyclic) bond motifs is 2. The van der Waals surface area contributed by atoms with Crippen LogP contribution in [-0.2, 0) is 4.79 Å². The van der Waals surface area contributed by atoms with Gasteiger partial charge in [0, 0.05) is 11.5 Å². The molecule has 17 heavy (non-hydrogen) atoms. The molecular weight excluding hydrogens is 283 g/mol. The lowest BCUT2D eigenvalue weighted by molar-refractivity contribution is -0.118. The molecule has 2 aliphatic carbocycles. The molecule has 0 heterocycles. The molecule has 0 aromatic carbocycles. The molecule has 0 aliphatic heterocycles. The van der Waals surface area contributed by atoms with Crippen molar-refractivity contribution in [3.8, 4) is 0 Å². The largest absolute Gasteiger partial charge is 0.352 e. The highest BCUT2D eigenvalue weighted by molar-refractivity contribution is 6.29. The number of carbonyl (C=O) groups is 1. The normalized spacial score (nSPS) is 29.1. The lowest BCUT2D eigenvalue weighted by atomic mass is 9.89. The van der Waals surface area contributed by atoms with Gasteiger partial charge < -0.3 is 0 Å². The van der Waals surface area contributed by atoms with Crippen LogP contribution in [0.15, 0.2) is 11.1 Å². The molecular formula is C10H8Cl2F4O. The van der Waals surface area contributed by atoms with Gasteiger partial charge in [0.1, 0.15) is 5.57 Å². The number of alkyl halides is 6. The Morgan fingerprint density at radius 3 is 1.88 bits per heavy atom. The number of carbonyl (C=O) groups excluding carboxylic acids is 1.